The summed E-state index contributed by atoms with van der Waals surface area (Å²) in [4.78, 5) is 24.8. The lowest BCUT2D eigenvalue weighted by atomic mass is 10.0. The van der Waals surface area contributed by atoms with Crippen LogP contribution in [0.25, 0.3) is 11.0 Å². The van der Waals surface area contributed by atoms with Gasteiger partial charge in [-0.25, -0.2) is 4.79 Å². The molecule has 0 fully saturated rings. The molecule has 7 heteroatoms. The van der Waals surface area contributed by atoms with E-state index in [0.717, 1.165) is 5.56 Å². The van der Waals surface area contributed by atoms with Crippen molar-refractivity contribution in [2.75, 3.05) is 12.1 Å². The Bertz CT molecular complexity index is 1130. The van der Waals surface area contributed by atoms with Gasteiger partial charge in [-0.05, 0) is 49.2 Å². The predicted molar refractivity (Wildman–Crippen MR) is 98.5 cm³/mol. The number of rotatable bonds is 3. The summed E-state index contributed by atoms with van der Waals surface area (Å²) in [6.07, 6.45) is -0.175. The van der Waals surface area contributed by atoms with Crippen LogP contribution < -0.4 is 20.4 Å². The third-order valence-corrected chi connectivity index (χ3v) is 4.50. The van der Waals surface area contributed by atoms with Gasteiger partial charge in [-0.2, -0.15) is 0 Å². The number of aryl methyl sites for hydroxylation is 2. The van der Waals surface area contributed by atoms with Gasteiger partial charge in [0.05, 0.1) is 17.4 Å². The van der Waals surface area contributed by atoms with E-state index in [9.17, 15) is 14.7 Å². The molecule has 0 aliphatic carbocycles. The number of carbonyl (C=O) groups is 1. The predicted octanol–water partition coefficient (Wildman–Crippen LogP) is 3.03. The smallest absolute Gasteiger partial charge is 0.340 e. The summed E-state index contributed by atoms with van der Waals surface area (Å²) in [7, 11) is 0. The number of benzene rings is 2. The third-order valence-electron chi connectivity index (χ3n) is 4.50. The molecule has 0 radical (unpaired) electrons. The highest BCUT2D eigenvalue weighted by atomic mass is 16.7. The maximum absolute atomic E-state index is 12.4. The fourth-order valence-corrected chi connectivity index (χ4v) is 3.20. The van der Waals surface area contributed by atoms with Crippen LogP contribution in [0.1, 0.15) is 16.7 Å². The number of nitrogens with one attached hydrogen (secondary N) is 1. The molecule has 1 aliphatic heterocycles. The lowest BCUT2D eigenvalue weighted by molar-refractivity contribution is -0.115. The normalized spacial score (nSPS) is 12.4. The van der Waals surface area contributed by atoms with E-state index in [-0.39, 0.29) is 30.4 Å². The first-order valence-electron chi connectivity index (χ1n) is 8.38. The molecule has 0 saturated heterocycles. The Balaban J connectivity index is 1.63. The van der Waals surface area contributed by atoms with Crippen LogP contribution in [-0.4, -0.2) is 17.8 Å². The first-order chi connectivity index (χ1) is 12.9. The molecule has 0 atom stereocenters. The fourth-order valence-electron chi connectivity index (χ4n) is 3.20. The molecule has 0 spiro atoms. The van der Waals surface area contributed by atoms with Crippen LogP contribution in [0.4, 0.5) is 5.69 Å². The number of phenols is 1. The minimum Gasteiger partial charge on any atom is -0.507 e. The van der Waals surface area contributed by atoms with Gasteiger partial charge in [0.25, 0.3) is 0 Å². The molecule has 0 saturated carbocycles. The molecule has 1 aliphatic rings. The molecule has 2 heterocycles. The van der Waals surface area contributed by atoms with Crippen molar-refractivity contribution in [1.29, 1.82) is 0 Å². The maximum atomic E-state index is 12.4. The van der Waals surface area contributed by atoms with Gasteiger partial charge in [0, 0.05) is 11.8 Å². The van der Waals surface area contributed by atoms with Crippen molar-refractivity contribution in [3.05, 3.63) is 57.4 Å². The van der Waals surface area contributed by atoms with Gasteiger partial charge in [0.2, 0.25) is 12.7 Å². The van der Waals surface area contributed by atoms with Crippen molar-refractivity contribution in [3.8, 4) is 17.2 Å². The van der Waals surface area contributed by atoms with E-state index in [1.165, 1.54) is 0 Å². The molecule has 0 unspecified atom stereocenters. The summed E-state index contributed by atoms with van der Waals surface area (Å²) < 4.78 is 15.8. The number of hydrogen-bond acceptors (Lipinski definition) is 6. The lowest BCUT2D eigenvalue weighted by Crippen LogP contribution is -2.20. The second-order valence-electron chi connectivity index (χ2n) is 6.44. The Morgan fingerprint density at radius 2 is 1.93 bits per heavy atom. The van der Waals surface area contributed by atoms with Gasteiger partial charge in [0.15, 0.2) is 11.5 Å². The maximum Gasteiger partial charge on any atom is 0.340 e. The van der Waals surface area contributed by atoms with Crippen molar-refractivity contribution in [2.24, 2.45) is 0 Å². The largest absolute Gasteiger partial charge is 0.507 e. The molecule has 1 aromatic heterocycles. The van der Waals surface area contributed by atoms with Crippen LogP contribution >= 0.6 is 0 Å². The van der Waals surface area contributed by atoms with E-state index in [1.807, 2.05) is 0 Å². The average molecular weight is 367 g/mol. The minimum absolute atomic E-state index is 0.0173. The number of phenolic OH excluding ortho intramolecular Hbond substituents is 1. The van der Waals surface area contributed by atoms with E-state index in [1.54, 1.807) is 44.2 Å². The lowest BCUT2D eigenvalue weighted by Gasteiger charge is -2.10. The van der Waals surface area contributed by atoms with Gasteiger partial charge in [0.1, 0.15) is 11.3 Å². The van der Waals surface area contributed by atoms with Crippen LogP contribution in [0.5, 0.6) is 17.2 Å². The van der Waals surface area contributed by atoms with Crippen molar-refractivity contribution in [2.45, 2.75) is 20.3 Å². The zero-order valence-electron chi connectivity index (χ0n) is 14.8. The summed E-state index contributed by atoms with van der Waals surface area (Å²) in [6.45, 7) is 3.63. The Morgan fingerprint density at radius 1 is 1.15 bits per heavy atom. The van der Waals surface area contributed by atoms with Crippen LogP contribution in [-0.2, 0) is 11.2 Å². The molecule has 138 valence electrons. The summed E-state index contributed by atoms with van der Waals surface area (Å²) in [5.74, 6) is 0.804. The molecular weight excluding hydrogens is 350 g/mol. The molecule has 2 N–H and O–H groups in total. The van der Waals surface area contributed by atoms with Gasteiger partial charge < -0.3 is 24.3 Å². The van der Waals surface area contributed by atoms with Crippen LogP contribution in [0.2, 0.25) is 0 Å². The van der Waals surface area contributed by atoms with E-state index in [4.69, 9.17) is 13.9 Å². The third kappa shape index (κ3) is 3.08. The van der Waals surface area contributed by atoms with E-state index >= 15 is 0 Å². The summed E-state index contributed by atoms with van der Waals surface area (Å²) >= 11 is 0. The number of hydrogen-bond donors (Lipinski definition) is 2. The second-order valence-corrected chi connectivity index (χ2v) is 6.44. The van der Waals surface area contributed by atoms with Crippen LogP contribution in [0.15, 0.2) is 39.5 Å². The van der Waals surface area contributed by atoms with Gasteiger partial charge in [-0.3, -0.25) is 4.79 Å². The Morgan fingerprint density at radius 3 is 2.74 bits per heavy atom. The highest BCUT2D eigenvalue weighted by Gasteiger charge is 2.19. The van der Waals surface area contributed by atoms with Gasteiger partial charge >= 0.3 is 5.63 Å². The van der Waals surface area contributed by atoms with Gasteiger partial charge in [-0.1, -0.05) is 0 Å². The molecule has 1 amide bonds. The highest BCUT2D eigenvalue weighted by Crippen LogP contribution is 2.34. The highest BCUT2D eigenvalue weighted by molar-refractivity contribution is 5.94. The molecule has 3 aromatic rings. The number of fused-ring (bicyclic) bond motifs is 2. The molecular formula is C20H17NO6. The Labute approximate surface area is 154 Å². The fraction of sp³-hybridized carbons (Fsp3) is 0.200. The average Bonchev–Trinajstić information content (AvgIpc) is 3.05. The summed E-state index contributed by atoms with van der Waals surface area (Å²) in [5.41, 5.74) is 1.75. The molecule has 7 nitrogen and oxygen atoms in total. The summed E-state index contributed by atoms with van der Waals surface area (Å²) in [5, 5.41) is 13.4. The van der Waals surface area contributed by atoms with Crippen molar-refractivity contribution >= 4 is 22.6 Å². The number of anilines is 1. The molecule has 27 heavy (non-hydrogen) atoms. The van der Waals surface area contributed by atoms with Crippen molar-refractivity contribution in [3.63, 3.8) is 0 Å². The first kappa shape index (κ1) is 17.0. The standard InChI is InChI=1S/C20H17NO6/c1-10-5-14(22)19-11(2)13(20(24)27-17(19)6-10)8-18(23)21-12-3-4-15-16(7-12)26-9-25-15/h3-7,22H,8-9H2,1-2H3,(H,21,23). The van der Waals surface area contributed by atoms with E-state index < -0.39 is 5.63 Å². The Hall–Kier alpha value is -3.48. The number of ether oxygens (including phenoxy) is 2. The minimum atomic E-state index is -0.592. The Kier molecular flexibility index (Phi) is 3.99. The topological polar surface area (TPSA) is 98.0 Å². The number of carbonyl (C=O) groups excluding carboxylic acids is 1. The quantitative estimate of drug-likeness (QED) is 0.691. The van der Waals surface area contributed by atoms with E-state index in [2.05, 4.69) is 5.32 Å². The monoisotopic (exact) mass is 367 g/mol. The van der Waals surface area contributed by atoms with Crippen LogP contribution in [0.3, 0.4) is 0 Å². The zero-order valence-corrected chi connectivity index (χ0v) is 14.8. The van der Waals surface area contributed by atoms with Crippen molar-refractivity contribution in [1.82, 2.24) is 0 Å². The molecule has 2 aromatic carbocycles. The summed E-state index contributed by atoms with van der Waals surface area (Å²) in [6, 6.07) is 8.32. The zero-order chi connectivity index (χ0) is 19.1. The van der Waals surface area contributed by atoms with Crippen molar-refractivity contribution < 1.29 is 23.8 Å². The first-order valence-corrected chi connectivity index (χ1v) is 8.38. The number of aromatic hydroxyl groups is 1. The number of amides is 1. The van der Waals surface area contributed by atoms with Gasteiger partial charge in [-0.15, -0.1) is 0 Å². The van der Waals surface area contributed by atoms with E-state index in [0.29, 0.717) is 33.7 Å². The SMILES string of the molecule is Cc1cc(O)c2c(C)c(CC(=O)Nc3ccc4c(c3)OCO4)c(=O)oc2c1. The van der Waals surface area contributed by atoms with Crippen LogP contribution in [0, 0.1) is 13.8 Å². The molecule has 4 rings (SSSR count). The molecule has 0 bridgehead atoms. The second kappa shape index (κ2) is 6.35.